The van der Waals surface area contributed by atoms with Crippen LogP contribution < -0.4 is 10.5 Å². The third kappa shape index (κ3) is 4.04. The number of hydrogen-bond acceptors (Lipinski definition) is 4. The maximum atomic E-state index is 14.1. The van der Waals surface area contributed by atoms with Crippen LogP contribution in [0.5, 0.6) is 0 Å². The predicted octanol–water partition coefficient (Wildman–Crippen LogP) is 3.25. The molecule has 0 spiro atoms. The molecule has 1 aliphatic rings. The van der Waals surface area contributed by atoms with E-state index in [2.05, 4.69) is 20.7 Å². The molecule has 0 unspecified atom stereocenters. The van der Waals surface area contributed by atoms with E-state index >= 15 is 0 Å². The second kappa shape index (κ2) is 7.04. The molecule has 4 nitrogen and oxygen atoms in total. The standard InChI is InChI=1S/C12H15BrClFN2O2S2/c13-10-8(14)5-9(11(15)12(10)16)21(18,19)17-6-7-1-3-20-4-2-7/h5,7,17H,1-4,6,16H2. The Labute approximate surface area is 141 Å². The highest BCUT2D eigenvalue weighted by Gasteiger charge is 2.25. The first-order valence-electron chi connectivity index (χ1n) is 6.33. The number of sulfonamides is 1. The largest absolute Gasteiger partial charge is 0.395 e. The normalized spacial score (nSPS) is 17.1. The van der Waals surface area contributed by atoms with Gasteiger partial charge in [-0.15, -0.1) is 0 Å². The molecule has 2 rings (SSSR count). The fourth-order valence-electron chi connectivity index (χ4n) is 2.05. The van der Waals surface area contributed by atoms with E-state index in [4.69, 9.17) is 17.3 Å². The molecule has 1 saturated heterocycles. The Bertz CT molecular complexity index is 637. The van der Waals surface area contributed by atoms with Crippen molar-refractivity contribution in [2.24, 2.45) is 5.92 Å². The second-order valence-corrected chi connectivity index (χ2v) is 8.97. The topological polar surface area (TPSA) is 72.2 Å². The maximum absolute atomic E-state index is 14.1. The Hall–Kier alpha value is -0.0200. The van der Waals surface area contributed by atoms with E-state index in [1.165, 1.54) is 0 Å². The Morgan fingerprint density at radius 2 is 2.10 bits per heavy atom. The SMILES string of the molecule is Nc1c(F)c(S(=O)(=O)NCC2CCSCC2)cc(Cl)c1Br. The van der Waals surface area contributed by atoms with Gasteiger partial charge in [0.15, 0.2) is 5.82 Å². The lowest BCUT2D eigenvalue weighted by Gasteiger charge is -2.21. The Morgan fingerprint density at radius 3 is 2.71 bits per heavy atom. The van der Waals surface area contributed by atoms with Gasteiger partial charge in [-0.05, 0) is 52.3 Å². The zero-order valence-corrected chi connectivity index (χ0v) is 15.0. The van der Waals surface area contributed by atoms with Crippen molar-refractivity contribution in [2.45, 2.75) is 17.7 Å². The summed E-state index contributed by atoms with van der Waals surface area (Å²) in [6.07, 6.45) is 1.91. The van der Waals surface area contributed by atoms with Crippen molar-refractivity contribution in [3.05, 3.63) is 21.4 Å². The van der Waals surface area contributed by atoms with Crippen molar-refractivity contribution in [2.75, 3.05) is 23.8 Å². The van der Waals surface area contributed by atoms with Gasteiger partial charge in [0.05, 0.1) is 15.2 Å². The van der Waals surface area contributed by atoms with E-state index in [1.54, 1.807) is 0 Å². The smallest absolute Gasteiger partial charge is 0.243 e. The number of halogens is 3. The molecule has 1 fully saturated rings. The van der Waals surface area contributed by atoms with Crippen LogP contribution in [-0.2, 0) is 10.0 Å². The van der Waals surface area contributed by atoms with Crippen LogP contribution >= 0.6 is 39.3 Å². The highest BCUT2D eigenvalue weighted by atomic mass is 79.9. The Morgan fingerprint density at radius 1 is 1.48 bits per heavy atom. The van der Waals surface area contributed by atoms with Crippen molar-refractivity contribution in [1.29, 1.82) is 0 Å². The number of anilines is 1. The monoisotopic (exact) mass is 416 g/mol. The van der Waals surface area contributed by atoms with Crippen molar-refractivity contribution < 1.29 is 12.8 Å². The number of rotatable bonds is 4. The Balaban J connectivity index is 2.19. The molecule has 118 valence electrons. The van der Waals surface area contributed by atoms with Gasteiger partial charge in [0, 0.05) is 6.54 Å². The molecule has 1 aromatic rings. The summed E-state index contributed by atoms with van der Waals surface area (Å²) in [6, 6.07) is 1.07. The molecule has 0 atom stereocenters. The highest BCUT2D eigenvalue weighted by Crippen LogP contribution is 2.34. The molecule has 3 N–H and O–H groups in total. The number of thioether (sulfide) groups is 1. The quantitative estimate of drug-likeness (QED) is 0.583. The lowest BCUT2D eigenvalue weighted by Crippen LogP contribution is -2.31. The molecule has 1 aromatic carbocycles. The molecular formula is C12H15BrClFN2O2S2. The van der Waals surface area contributed by atoms with Crippen molar-refractivity contribution in [3.63, 3.8) is 0 Å². The van der Waals surface area contributed by atoms with Crippen LogP contribution in [-0.4, -0.2) is 26.5 Å². The summed E-state index contributed by atoms with van der Waals surface area (Å²) < 4.78 is 41.1. The van der Waals surface area contributed by atoms with Crippen molar-refractivity contribution in [3.8, 4) is 0 Å². The molecule has 1 aliphatic heterocycles. The summed E-state index contributed by atoms with van der Waals surface area (Å²) >= 11 is 10.7. The molecular weight excluding hydrogens is 403 g/mol. The van der Waals surface area contributed by atoms with Crippen LogP contribution in [0, 0.1) is 11.7 Å². The van der Waals surface area contributed by atoms with Gasteiger partial charge in [0.2, 0.25) is 10.0 Å². The minimum absolute atomic E-state index is 0.0586. The third-order valence-corrected chi connectivity index (χ3v) is 7.20. The van der Waals surface area contributed by atoms with E-state index in [-0.39, 0.29) is 21.1 Å². The number of nitrogens with two attached hydrogens (primary N) is 1. The summed E-state index contributed by atoms with van der Waals surface area (Å²) in [7, 11) is -3.97. The van der Waals surface area contributed by atoms with E-state index in [1.807, 2.05) is 11.8 Å². The van der Waals surface area contributed by atoms with Crippen LogP contribution in [0.2, 0.25) is 5.02 Å². The fraction of sp³-hybridized carbons (Fsp3) is 0.500. The van der Waals surface area contributed by atoms with E-state index < -0.39 is 20.7 Å². The van der Waals surface area contributed by atoms with Gasteiger partial charge in [-0.2, -0.15) is 11.8 Å². The molecule has 0 radical (unpaired) electrons. The van der Waals surface area contributed by atoms with Gasteiger partial charge in [0.25, 0.3) is 0 Å². The average Bonchev–Trinajstić information content (AvgIpc) is 2.48. The zero-order chi connectivity index (χ0) is 15.6. The first kappa shape index (κ1) is 17.3. The van der Waals surface area contributed by atoms with Gasteiger partial charge >= 0.3 is 0 Å². The second-order valence-electron chi connectivity index (χ2n) is 4.81. The van der Waals surface area contributed by atoms with Gasteiger partial charge in [-0.3, -0.25) is 0 Å². The van der Waals surface area contributed by atoms with Crippen LogP contribution in [0.3, 0.4) is 0 Å². The molecule has 9 heteroatoms. The van der Waals surface area contributed by atoms with Crippen molar-refractivity contribution >= 4 is 55.0 Å². The summed E-state index contributed by atoms with van der Waals surface area (Å²) in [6.45, 7) is 0.302. The number of nitrogens with one attached hydrogen (secondary N) is 1. The molecule has 0 aromatic heterocycles. The molecule has 0 aliphatic carbocycles. The predicted molar refractivity (Wildman–Crippen MR) is 88.8 cm³/mol. The van der Waals surface area contributed by atoms with E-state index in [9.17, 15) is 12.8 Å². The van der Waals surface area contributed by atoms with E-state index in [0.29, 0.717) is 6.54 Å². The first-order valence-corrected chi connectivity index (χ1v) is 10.1. The molecule has 21 heavy (non-hydrogen) atoms. The summed E-state index contributed by atoms with van der Waals surface area (Å²) in [4.78, 5) is -0.515. The number of benzene rings is 1. The minimum Gasteiger partial charge on any atom is -0.395 e. The average molecular weight is 418 g/mol. The van der Waals surface area contributed by atoms with Crippen LogP contribution in [0.1, 0.15) is 12.8 Å². The van der Waals surface area contributed by atoms with Gasteiger partial charge in [-0.25, -0.2) is 17.5 Å². The lowest BCUT2D eigenvalue weighted by atomic mass is 10.0. The first-order chi connectivity index (χ1) is 9.83. The number of hydrogen-bond donors (Lipinski definition) is 2. The van der Waals surface area contributed by atoms with Crippen molar-refractivity contribution in [1.82, 2.24) is 4.72 Å². The third-order valence-electron chi connectivity index (χ3n) is 3.35. The fourth-order valence-corrected chi connectivity index (χ4v) is 5.05. The zero-order valence-electron chi connectivity index (χ0n) is 11.0. The van der Waals surface area contributed by atoms with E-state index in [0.717, 1.165) is 30.4 Å². The van der Waals surface area contributed by atoms with Gasteiger partial charge in [-0.1, -0.05) is 11.6 Å². The summed E-state index contributed by atoms with van der Waals surface area (Å²) in [5.74, 6) is 1.35. The van der Waals surface area contributed by atoms with Crippen LogP contribution in [0.4, 0.5) is 10.1 Å². The summed E-state index contributed by atoms with van der Waals surface area (Å²) in [5.41, 5.74) is 5.21. The number of nitrogen functional groups attached to an aromatic ring is 1. The van der Waals surface area contributed by atoms with Gasteiger partial charge < -0.3 is 5.73 Å². The van der Waals surface area contributed by atoms with Crippen LogP contribution in [0.15, 0.2) is 15.4 Å². The molecule has 1 heterocycles. The lowest BCUT2D eigenvalue weighted by molar-refractivity contribution is 0.475. The molecule has 0 bridgehead atoms. The van der Waals surface area contributed by atoms with Gasteiger partial charge in [0.1, 0.15) is 4.90 Å². The molecule has 0 saturated carbocycles. The Kier molecular flexibility index (Phi) is 5.81. The minimum atomic E-state index is -3.97. The molecule has 0 amide bonds. The van der Waals surface area contributed by atoms with Crippen LogP contribution in [0.25, 0.3) is 0 Å². The highest BCUT2D eigenvalue weighted by molar-refractivity contribution is 9.10. The maximum Gasteiger partial charge on any atom is 0.243 e. The summed E-state index contributed by atoms with van der Waals surface area (Å²) in [5, 5.41) is 0.0586.